The molecule has 0 amide bonds. The molecule has 1 aromatic carbocycles. The van der Waals surface area contributed by atoms with E-state index >= 15 is 0 Å². The van der Waals surface area contributed by atoms with Crippen LogP contribution >= 0.6 is 0 Å². The smallest absolute Gasteiger partial charge is 0.0346 e. The highest BCUT2D eigenvalue weighted by atomic mass is 15.2. The molecule has 20 heavy (non-hydrogen) atoms. The zero-order valence-electron chi connectivity index (χ0n) is 12.0. The molecule has 0 radical (unpaired) electrons. The van der Waals surface area contributed by atoms with Crippen molar-refractivity contribution >= 4 is 0 Å². The first kappa shape index (κ1) is 13.3. The van der Waals surface area contributed by atoms with Crippen LogP contribution in [0.25, 0.3) is 11.1 Å². The molecule has 1 fully saturated rings. The van der Waals surface area contributed by atoms with Gasteiger partial charge in [0.05, 0.1) is 0 Å². The molecule has 0 aliphatic carbocycles. The third-order valence-electron chi connectivity index (χ3n) is 3.95. The third-order valence-corrected chi connectivity index (χ3v) is 3.95. The monoisotopic (exact) mass is 267 g/mol. The number of hydrogen-bond acceptors (Lipinski definition) is 3. The summed E-state index contributed by atoms with van der Waals surface area (Å²) >= 11 is 0. The molecule has 1 aromatic heterocycles. The SMILES string of the molecule is CN1CCN(Cc2ccc(-c3cccnc3)cc2)CC1. The Kier molecular flexibility index (Phi) is 4.09. The predicted octanol–water partition coefficient (Wildman–Crippen LogP) is 2.50. The van der Waals surface area contributed by atoms with Gasteiger partial charge in [0.15, 0.2) is 0 Å². The van der Waals surface area contributed by atoms with Gasteiger partial charge in [0.2, 0.25) is 0 Å². The van der Waals surface area contributed by atoms with Crippen molar-refractivity contribution in [3.8, 4) is 11.1 Å². The second-order valence-electron chi connectivity index (χ2n) is 5.52. The number of benzene rings is 1. The molecule has 2 heterocycles. The quantitative estimate of drug-likeness (QED) is 0.852. The largest absolute Gasteiger partial charge is 0.304 e. The summed E-state index contributed by atoms with van der Waals surface area (Å²) in [5, 5.41) is 0. The summed E-state index contributed by atoms with van der Waals surface area (Å²) in [5.74, 6) is 0. The average Bonchev–Trinajstić information content (AvgIpc) is 2.51. The van der Waals surface area contributed by atoms with Crippen molar-refractivity contribution in [1.29, 1.82) is 0 Å². The molecule has 0 N–H and O–H groups in total. The van der Waals surface area contributed by atoms with E-state index in [2.05, 4.69) is 52.2 Å². The van der Waals surface area contributed by atoms with E-state index < -0.39 is 0 Å². The summed E-state index contributed by atoms with van der Waals surface area (Å²) in [6, 6.07) is 12.9. The zero-order valence-corrected chi connectivity index (χ0v) is 12.0. The van der Waals surface area contributed by atoms with Crippen LogP contribution in [0.1, 0.15) is 5.56 Å². The Bertz CT molecular complexity index is 528. The molecular formula is C17H21N3. The first-order valence-corrected chi connectivity index (χ1v) is 7.21. The van der Waals surface area contributed by atoms with E-state index in [1.54, 1.807) is 0 Å². The van der Waals surface area contributed by atoms with Crippen LogP contribution in [0.4, 0.5) is 0 Å². The maximum atomic E-state index is 4.17. The van der Waals surface area contributed by atoms with Crippen LogP contribution in [0.3, 0.4) is 0 Å². The molecule has 0 unspecified atom stereocenters. The minimum Gasteiger partial charge on any atom is -0.304 e. The lowest BCUT2D eigenvalue weighted by molar-refractivity contribution is 0.148. The van der Waals surface area contributed by atoms with Crippen molar-refractivity contribution in [2.45, 2.75) is 6.54 Å². The zero-order chi connectivity index (χ0) is 13.8. The predicted molar refractivity (Wildman–Crippen MR) is 82.4 cm³/mol. The van der Waals surface area contributed by atoms with Gasteiger partial charge in [-0.2, -0.15) is 0 Å². The molecule has 0 spiro atoms. The minimum atomic E-state index is 1.06. The third kappa shape index (κ3) is 3.24. The number of likely N-dealkylation sites (N-methyl/N-ethyl adjacent to an activating group) is 1. The lowest BCUT2D eigenvalue weighted by atomic mass is 10.1. The molecule has 1 aliphatic rings. The van der Waals surface area contributed by atoms with Gasteiger partial charge in [-0.3, -0.25) is 9.88 Å². The molecule has 0 saturated carbocycles. The molecule has 3 heteroatoms. The lowest BCUT2D eigenvalue weighted by Gasteiger charge is -2.32. The summed E-state index contributed by atoms with van der Waals surface area (Å²) in [5.41, 5.74) is 3.81. The van der Waals surface area contributed by atoms with E-state index in [0.29, 0.717) is 0 Å². The second-order valence-corrected chi connectivity index (χ2v) is 5.52. The summed E-state index contributed by atoms with van der Waals surface area (Å²) in [6.45, 7) is 5.74. The first-order valence-electron chi connectivity index (χ1n) is 7.21. The molecular weight excluding hydrogens is 246 g/mol. The van der Waals surface area contributed by atoms with Crippen molar-refractivity contribution in [2.75, 3.05) is 33.2 Å². The lowest BCUT2D eigenvalue weighted by Crippen LogP contribution is -2.43. The molecule has 0 bridgehead atoms. The molecule has 1 saturated heterocycles. The van der Waals surface area contributed by atoms with Crippen molar-refractivity contribution < 1.29 is 0 Å². The number of aromatic nitrogens is 1. The summed E-state index contributed by atoms with van der Waals surface area (Å²) in [6.07, 6.45) is 3.72. The van der Waals surface area contributed by atoms with E-state index in [4.69, 9.17) is 0 Å². The van der Waals surface area contributed by atoms with Gasteiger partial charge in [-0.1, -0.05) is 30.3 Å². The van der Waals surface area contributed by atoms with E-state index in [-0.39, 0.29) is 0 Å². The Hall–Kier alpha value is -1.71. The number of nitrogens with zero attached hydrogens (tertiary/aromatic N) is 3. The summed E-state index contributed by atoms with van der Waals surface area (Å²) < 4.78 is 0. The van der Waals surface area contributed by atoms with Crippen molar-refractivity contribution in [3.05, 3.63) is 54.4 Å². The molecule has 3 rings (SSSR count). The van der Waals surface area contributed by atoms with Gasteiger partial charge < -0.3 is 4.90 Å². The van der Waals surface area contributed by atoms with Crippen molar-refractivity contribution in [1.82, 2.24) is 14.8 Å². The van der Waals surface area contributed by atoms with Crippen molar-refractivity contribution in [2.24, 2.45) is 0 Å². The molecule has 104 valence electrons. The maximum absolute atomic E-state index is 4.17. The summed E-state index contributed by atoms with van der Waals surface area (Å²) in [4.78, 5) is 9.09. The van der Waals surface area contributed by atoms with Crippen LogP contribution in [0.15, 0.2) is 48.8 Å². The van der Waals surface area contributed by atoms with Gasteiger partial charge in [-0.25, -0.2) is 0 Å². The number of piperazine rings is 1. The van der Waals surface area contributed by atoms with E-state index in [1.807, 2.05) is 18.5 Å². The van der Waals surface area contributed by atoms with Crippen LogP contribution in [-0.2, 0) is 6.54 Å². The van der Waals surface area contributed by atoms with Crippen LogP contribution in [0, 0.1) is 0 Å². The Balaban J connectivity index is 1.65. The highest BCUT2D eigenvalue weighted by Crippen LogP contribution is 2.19. The Morgan fingerprint density at radius 2 is 1.70 bits per heavy atom. The minimum absolute atomic E-state index is 1.06. The normalized spacial score (nSPS) is 17.2. The summed E-state index contributed by atoms with van der Waals surface area (Å²) in [7, 11) is 2.19. The van der Waals surface area contributed by atoms with Gasteiger partial charge in [0.25, 0.3) is 0 Å². The van der Waals surface area contributed by atoms with Crippen LogP contribution in [-0.4, -0.2) is 48.0 Å². The van der Waals surface area contributed by atoms with Crippen molar-refractivity contribution in [3.63, 3.8) is 0 Å². The number of pyridine rings is 1. The van der Waals surface area contributed by atoms with Crippen LogP contribution in [0.5, 0.6) is 0 Å². The van der Waals surface area contributed by atoms with Gasteiger partial charge in [-0.15, -0.1) is 0 Å². The fraction of sp³-hybridized carbons (Fsp3) is 0.353. The van der Waals surface area contributed by atoms with E-state index in [9.17, 15) is 0 Å². The Labute approximate surface area is 120 Å². The highest BCUT2D eigenvalue weighted by molar-refractivity contribution is 5.62. The average molecular weight is 267 g/mol. The molecule has 1 aliphatic heterocycles. The fourth-order valence-corrected chi connectivity index (χ4v) is 2.60. The first-order chi connectivity index (χ1) is 9.81. The number of rotatable bonds is 3. The fourth-order valence-electron chi connectivity index (χ4n) is 2.60. The van der Waals surface area contributed by atoms with Gasteiger partial charge in [-0.05, 0) is 29.8 Å². The highest BCUT2D eigenvalue weighted by Gasteiger charge is 2.13. The molecule has 2 aromatic rings. The second kappa shape index (κ2) is 6.16. The Morgan fingerprint density at radius 1 is 0.950 bits per heavy atom. The van der Waals surface area contributed by atoms with Gasteiger partial charge in [0.1, 0.15) is 0 Å². The molecule has 0 atom stereocenters. The van der Waals surface area contributed by atoms with E-state index in [0.717, 1.165) is 6.54 Å². The topological polar surface area (TPSA) is 19.4 Å². The van der Waals surface area contributed by atoms with Crippen LogP contribution in [0.2, 0.25) is 0 Å². The molecule has 3 nitrogen and oxygen atoms in total. The van der Waals surface area contributed by atoms with Gasteiger partial charge in [0, 0.05) is 45.1 Å². The Morgan fingerprint density at radius 3 is 2.35 bits per heavy atom. The standard InChI is InChI=1S/C17H21N3/c1-19-9-11-20(12-10-19)14-15-4-6-16(7-5-15)17-3-2-8-18-13-17/h2-8,13H,9-12,14H2,1H3. The maximum Gasteiger partial charge on any atom is 0.0346 e. The van der Waals surface area contributed by atoms with E-state index in [1.165, 1.54) is 42.9 Å². The van der Waals surface area contributed by atoms with Crippen LogP contribution < -0.4 is 0 Å². The number of hydrogen-bond donors (Lipinski definition) is 0. The van der Waals surface area contributed by atoms with Gasteiger partial charge >= 0.3 is 0 Å².